The van der Waals surface area contributed by atoms with Gasteiger partial charge in [0.25, 0.3) is 5.91 Å². The minimum absolute atomic E-state index is 0.118. The summed E-state index contributed by atoms with van der Waals surface area (Å²) in [5.74, 6) is -0.310. The van der Waals surface area contributed by atoms with E-state index in [0.717, 1.165) is 0 Å². The van der Waals surface area contributed by atoms with Gasteiger partial charge in [0.15, 0.2) is 5.13 Å². The van der Waals surface area contributed by atoms with Crippen LogP contribution in [0.1, 0.15) is 16.1 Å². The van der Waals surface area contributed by atoms with Crippen molar-refractivity contribution in [2.24, 2.45) is 0 Å². The summed E-state index contributed by atoms with van der Waals surface area (Å²) in [5.41, 5.74) is 1.24. The Morgan fingerprint density at radius 3 is 2.95 bits per heavy atom. The van der Waals surface area contributed by atoms with Crippen LogP contribution < -0.4 is 10.6 Å². The van der Waals surface area contributed by atoms with Gasteiger partial charge < -0.3 is 10.1 Å². The number of carbonyl (C=O) groups is 2. The Morgan fingerprint density at radius 2 is 2.24 bits per heavy atom. The Balaban J connectivity index is 1.84. The number of methoxy groups -OCH3 is 1. The fourth-order valence-corrected chi connectivity index (χ4v) is 2.87. The van der Waals surface area contributed by atoms with Crippen LogP contribution in [0.3, 0.4) is 0 Å². The molecular formula is C13H15N3O3S2. The van der Waals surface area contributed by atoms with Crippen molar-refractivity contribution < 1.29 is 14.3 Å². The summed E-state index contributed by atoms with van der Waals surface area (Å²) in [5, 5.41) is 11.3. The fourth-order valence-electron chi connectivity index (χ4n) is 1.53. The average molecular weight is 325 g/mol. The third kappa shape index (κ3) is 4.92. The first-order valence-corrected chi connectivity index (χ1v) is 8.05. The quantitative estimate of drug-likeness (QED) is 0.760. The number of hydrogen-bond acceptors (Lipinski definition) is 6. The van der Waals surface area contributed by atoms with E-state index in [9.17, 15) is 9.59 Å². The molecule has 2 rings (SSSR count). The maximum absolute atomic E-state index is 11.9. The highest BCUT2D eigenvalue weighted by Crippen LogP contribution is 2.17. The van der Waals surface area contributed by atoms with Gasteiger partial charge in [0.1, 0.15) is 0 Å². The largest absolute Gasteiger partial charge is 0.383 e. The Kier molecular flexibility index (Phi) is 5.85. The monoisotopic (exact) mass is 325 g/mol. The number of rotatable bonds is 7. The summed E-state index contributed by atoms with van der Waals surface area (Å²) >= 11 is 2.76. The number of thiazole rings is 1. The molecule has 2 aromatic heterocycles. The SMILES string of the molecule is COCCNC(=O)Cc1csc(NC(=O)c2ccsc2)n1. The molecule has 2 N–H and O–H groups in total. The van der Waals surface area contributed by atoms with Crippen LogP contribution in [-0.4, -0.2) is 37.1 Å². The first kappa shape index (κ1) is 15.6. The molecule has 0 aliphatic rings. The van der Waals surface area contributed by atoms with Crippen molar-refractivity contribution in [3.63, 3.8) is 0 Å². The van der Waals surface area contributed by atoms with E-state index in [4.69, 9.17) is 4.74 Å². The molecule has 0 saturated heterocycles. The lowest BCUT2D eigenvalue weighted by Gasteiger charge is -2.02. The zero-order valence-corrected chi connectivity index (χ0v) is 13.1. The number of carbonyl (C=O) groups excluding carboxylic acids is 2. The summed E-state index contributed by atoms with van der Waals surface area (Å²) < 4.78 is 4.85. The van der Waals surface area contributed by atoms with Crippen molar-refractivity contribution in [3.05, 3.63) is 33.5 Å². The van der Waals surface area contributed by atoms with Gasteiger partial charge in [-0.3, -0.25) is 14.9 Å². The van der Waals surface area contributed by atoms with Crippen LogP contribution in [0, 0.1) is 0 Å². The molecule has 0 saturated carbocycles. The van der Waals surface area contributed by atoms with E-state index in [1.54, 1.807) is 23.9 Å². The van der Waals surface area contributed by atoms with E-state index in [2.05, 4.69) is 15.6 Å². The van der Waals surface area contributed by atoms with Gasteiger partial charge in [-0.2, -0.15) is 11.3 Å². The molecule has 0 aliphatic carbocycles. The van der Waals surface area contributed by atoms with Crippen molar-refractivity contribution in [1.29, 1.82) is 0 Å². The zero-order chi connectivity index (χ0) is 15.1. The van der Waals surface area contributed by atoms with E-state index in [-0.39, 0.29) is 18.2 Å². The molecule has 0 aromatic carbocycles. The third-order valence-corrected chi connectivity index (χ3v) is 4.02. The van der Waals surface area contributed by atoms with Gasteiger partial charge in [0, 0.05) is 24.4 Å². The molecule has 0 bridgehead atoms. The lowest BCUT2D eigenvalue weighted by atomic mass is 10.3. The molecule has 0 atom stereocenters. The number of aromatic nitrogens is 1. The number of nitrogens with zero attached hydrogens (tertiary/aromatic N) is 1. The number of thiophene rings is 1. The molecule has 0 unspecified atom stereocenters. The summed E-state index contributed by atoms with van der Waals surface area (Å²) in [6.45, 7) is 0.950. The maximum Gasteiger partial charge on any atom is 0.258 e. The second-order valence-corrected chi connectivity index (χ2v) is 5.77. The average Bonchev–Trinajstić information content (AvgIpc) is 3.10. The Bertz CT molecular complexity index is 596. The minimum atomic E-state index is -0.193. The highest BCUT2D eigenvalue weighted by molar-refractivity contribution is 7.14. The molecule has 0 spiro atoms. The summed E-state index contributed by atoms with van der Waals surface area (Å²) in [4.78, 5) is 27.7. The van der Waals surface area contributed by atoms with E-state index >= 15 is 0 Å². The lowest BCUT2D eigenvalue weighted by molar-refractivity contribution is -0.120. The van der Waals surface area contributed by atoms with Crippen molar-refractivity contribution >= 4 is 39.6 Å². The van der Waals surface area contributed by atoms with Crippen molar-refractivity contribution in [2.45, 2.75) is 6.42 Å². The van der Waals surface area contributed by atoms with Gasteiger partial charge in [-0.1, -0.05) is 0 Å². The van der Waals surface area contributed by atoms with Crippen LogP contribution in [0.4, 0.5) is 5.13 Å². The number of nitrogens with one attached hydrogen (secondary N) is 2. The van der Waals surface area contributed by atoms with Gasteiger partial charge in [-0.05, 0) is 11.4 Å². The molecule has 2 heterocycles. The fraction of sp³-hybridized carbons (Fsp3) is 0.308. The first-order chi connectivity index (χ1) is 10.2. The van der Waals surface area contributed by atoms with Crippen LogP contribution in [0.5, 0.6) is 0 Å². The smallest absolute Gasteiger partial charge is 0.258 e. The number of amides is 2. The normalized spacial score (nSPS) is 10.3. The molecule has 112 valence electrons. The molecule has 21 heavy (non-hydrogen) atoms. The number of hydrogen-bond donors (Lipinski definition) is 2. The van der Waals surface area contributed by atoms with Crippen LogP contribution >= 0.6 is 22.7 Å². The standard InChI is InChI=1S/C13H15N3O3S2/c1-19-4-3-14-11(17)6-10-8-21-13(15-10)16-12(18)9-2-5-20-7-9/h2,5,7-8H,3-4,6H2,1H3,(H,14,17)(H,15,16,18). The van der Waals surface area contributed by atoms with Crippen LogP contribution in [0.25, 0.3) is 0 Å². The van der Waals surface area contributed by atoms with Gasteiger partial charge in [0.05, 0.1) is 24.3 Å². The Labute approximate surface area is 130 Å². The van der Waals surface area contributed by atoms with Crippen LogP contribution in [0.15, 0.2) is 22.2 Å². The first-order valence-electron chi connectivity index (χ1n) is 6.22. The predicted octanol–water partition coefficient (Wildman–Crippen LogP) is 1.76. The van der Waals surface area contributed by atoms with E-state index in [0.29, 0.717) is 29.5 Å². The van der Waals surface area contributed by atoms with Gasteiger partial charge in [0.2, 0.25) is 5.91 Å². The molecule has 6 nitrogen and oxygen atoms in total. The molecule has 2 amide bonds. The van der Waals surface area contributed by atoms with Crippen LogP contribution in [-0.2, 0) is 16.0 Å². The number of ether oxygens (including phenoxy) is 1. The maximum atomic E-state index is 11.9. The second-order valence-electron chi connectivity index (χ2n) is 4.13. The van der Waals surface area contributed by atoms with Crippen molar-refractivity contribution in [3.8, 4) is 0 Å². The van der Waals surface area contributed by atoms with Crippen molar-refractivity contribution in [1.82, 2.24) is 10.3 Å². The highest BCUT2D eigenvalue weighted by Gasteiger charge is 2.11. The summed E-state index contributed by atoms with van der Waals surface area (Å²) in [6.07, 6.45) is 0.189. The molecule has 0 fully saturated rings. The second kappa shape index (κ2) is 7.87. The number of anilines is 1. The van der Waals surface area contributed by atoms with Gasteiger partial charge in [-0.15, -0.1) is 11.3 Å². The lowest BCUT2D eigenvalue weighted by Crippen LogP contribution is -2.28. The molecule has 8 heteroatoms. The molecule has 0 aliphatic heterocycles. The zero-order valence-electron chi connectivity index (χ0n) is 11.4. The van der Waals surface area contributed by atoms with Gasteiger partial charge >= 0.3 is 0 Å². The molecule has 2 aromatic rings. The topological polar surface area (TPSA) is 80.3 Å². The summed E-state index contributed by atoms with van der Waals surface area (Å²) in [7, 11) is 1.58. The Hall–Kier alpha value is -1.77. The van der Waals surface area contributed by atoms with Crippen LogP contribution in [0.2, 0.25) is 0 Å². The van der Waals surface area contributed by atoms with E-state index in [1.807, 2.05) is 5.38 Å². The predicted molar refractivity (Wildman–Crippen MR) is 83.0 cm³/mol. The summed E-state index contributed by atoms with van der Waals surface area (Å²) in [6, 6.07) is 1.75. The minimum Gasteiger partial charge on any atom is -0.383 e. The Morgan fingerprint density at radius 1 is 1.38 bits per heavy atom. The highest BCUT2D eigenvalue weighted by atomic mass is 32.1. The van der Waals surface area contributed by atoms with Gasteiger partial charge in [-0.25, -0.2) is 4.98 Å². The van der Waals surface area contributed by atoms with Crippen molar-refractivity contribution in [2.75, 3.05) is 25.6 Å². The van der Waals surface area contributed by atoms with E-state index < -0.39 is 0 Å². The van der Waals surface area contributed by atoms with E-state index in [1.165, 1.54) is 22.7 Å². The molecular weight excluding hydrogens is 310 g/mol. The molecule has 0 radical (unpaired) electrons. The third-order valence-electron chi connectivity index (χ3n) is 2.53.